The van der Waals surface area contributed by atoms with Crippen LogP contribution in [-0.2, 0) is 17.8 Å². The Kier molecular flexibility index (Phi) is 5.67. The molecule has 36 heavy (non-hydrogen) atoms. The molecule has 6 rings (SSSR count). The van der Waals surface area contributed by atoms with Crippen LogP contribution in [0.3, 0.4) is 0 Å². The molecule has 0 N–H and O–H groups in total. The Labute approximate surface area is 207 Å². The molecule has 1 fully saturated rings. The van der Waals surface area contributed by atoms with Crippen LogP contribution < -0.4 is 5.69 Å². The summed E-state index contributed by atoms with van der Waals surface area (Å²) in [6.45, 7) is 8.28. The maximum atomic E-state index is 13.6. The molecule has 10 heteroatoms. The summed E-state index contributed by atoms with van der Waals surface area (Å²) in [5.74, 6) is 0. The number of hydrogen-bond acceptors (Lipinski definition) is 7. The largest absolute Gasteiger partial charge is 0.434 e. The van der Waals surface area contributed by atoms with Crippen molar-refractivity contribution in [3.8, 4) is 22.4 Å². The van der Waals surface area contributed by atoms with Crippen LogP contribution in [0.15, 0.2) is 46.3 Å². The number of aromatic nitrogens is 7. The summed E-state index contributed by atoms with van der Waals surface area (Å²) >= 11 is 0. The molecule has 1 aliphatic rings. The highest BCUT2D eigenvalue weighted by Crippen LogP contribution is 2.37. The third-order valence-corrected chi connectivity index (χ3v) is 7.07. The zero-order valence-corrected chi connectivity index (χ0v) is 20.7. The first-order valence-electron chi connectivity index (χ1n) is 12.6. The Hall–Kier alpha value is -3.79. The molecule has 0 spiro atoms. The van der Waals surface area contributed by atoms with E-state index in [1.165, 1.54) is 0 Å². The number of hydrogen-bond donors (Lipinski definition) is 0. The fourth-order valence-electron chi connectivity index (χ4n) is 5.08. The summed E-state index contributed by atoms with van der Waals surface area (Å²) in [5.41, 5.74) is 4.56. The fraction of sp³-hybridized carbons (Fsp3) is 0.423. The number of ether oxygens (including phenoxy) is 1. The molecule has 5 aromatic rings. The Balaban J connectivity index is 1.62. The molecule has 0 saturated carbocycles. The molecule has 0 unspecified atom stereocenters. The Morgan fingerprint density at radius 1 is 1.00 bits per heavy atom. The highest BCUT2D eigenvalue weighted by molar-refractivity contribution is 6.06. The third-order valence-electron chi connectivity index (χ3n) is 7.07. The van der Waals surface area contributed by atoms with Crippen LogP contribution in [0.4, 0.5) is 0 Å². The average molecular weight is 488 g/mol. The van der Waals surface area contributed by atoms with Gasteiger partial charge in [-0.25, -0.2) is 9.78 Å². The van der Waals surface area contributed by atoms with E-state index in [9.17, 15) is 4.79 Å². The molecule has 5 aromatic heterocycles. The Morgan fingerprint density at radius 3 is 2.47 bits per heavy atom. The first-order valence-corrected chi connectivity index (χ1v) is 12.6. The smallest absolute Gasteiger partial charge is 0.349 e. The minimum absolute atomic E-state index is 0.0362. The van der Waals surface area contributed by atoms with Gasteiger partial charge in [0.05, 0.1) is 23.9 Å². The second kappa shape index (κ2) is 9.02. The van der Waals surface area contributed by atoms with Gasteiger partial charge in [0.1, 0.15) is 11.2 Å². The van der Waals surface area contributed by atoms with Gasteiger partial charge in [0, 0.05) is 61.0 Å². The molecule has 1 aliphatic heterocycles. The number of furan rings is 1. The standard InChI is InChI=1S/C26H29N7O3/c1-4-20-10-19(7-8-35-20)33-23-21-9-16(17-12-28-31(5-2)14-17)11-27-25(21)36-24(23)22(30-26(33)34)18-13-29-32(6-3)15-18/h9,11-15,19-20H,4-8,10H2,1-3H3/t19-,20-/m0/s1. The Bertz CT molecular complexity index is 1610. The molecular weight excluding hydrogens is 458 g/mol. The van der Waals surface area contributed by atoms with Crippen molar-refractivity contribution in [3.63, 3.8) is 0 Å². The first kappa shape index (κ1) is 22.7. The molecule has 0 amide bonds. The molecule has 0 bridgehead atoms. The molecule has 6 heterocycles. The van der Waals surface area contributed by atoms with E-state index in [1.54, 1.807) is 17.0 Å². The lowest BCUT2D eigenvalue weighted by Crippen LogP contribution is -2.34. The highest BCUT2D eigenvalue weighted by atomic mass is 16.5. The number of nitrogens with zero attached hydrogens (tertiary/aromatic N) is 7. The lowest BCUT2D eigenvalue weighted by atomic mass is 10.0. The van der Waals surface area contributed by atoms with E-state index in [2.05, 4.69) is 27.1 Å². The van der Waals surface area contributed by atoms with Crippen molar-refractivity contribution in [2.24, 2.45) is 0 Å². The van der Waals surface area contributed by atoms with Crippen LogP contribution in [0.1, 0.15) is 46.1 Å². The quantitative estimate of drug-likeness (QED) is 0.349. The summed E-state index contributed by atoms with van der Waals surface area (Å²) in [6.07, 6.45) is 11.7. The van der Waals surface area contributed by atoms with Gasteiger partial charge in [-0.1, -0.05) is 6.92 Å². The second-order valence-electron chi connectivity index (χ2n) is 9.22. The van der Waals surface area contributed by atoms with Gasteiger partial charge in [0.15, 0.2) is 5.58 Å². The first-order chi connectivity index (χ1) is 17.6. The van der Waals surface area contributed by atoms with Crippen LogP contribution in [0.25, 0.3) is 44.6 Å². The van der Waals surface area contributed by atoms with Gasteiger partial charge in [0.25, 0.3) is 0 Å². The van der Waals surface area contributed by atoms with E-state index in [0.717, 1.165) is 59.9 Å². The number of fused-ring (bicyclic) bond motifs is 3. The van der Waals surface area contributed by atoms with Crippen molar-refractivity contribution in [1.29, 1.82) is 0 Å². The molecular formula is C26H29N7O3. The van der Waals surface area contributed by atoms with Crippen LogP contribution in [0.2, 0.25) is 0 Å². The van der Waals surface area contributed by atoms with E-state index in [-0.39, 0.29) is 17.8 Å². The molecule has 186 valence electrons. The van der Waals surface area contributed by atoms with Gasteiger partial charge in [-0.15, -0.1) is 0 Å². The molecule has 10 nitrogen and oxygen atoms in total. The van der Waals surface area contributed by atoms with Gasteiger partial charge in [-0.05, 0) is 39.2 Å². The predicted molar refractivity (Wildman–Crippen MR) is 136 cm³/mol. The molecule has 0 radical (unpaired) electrons. The van der Waals surface area contributed by atoms with Crippen LogP contribution in [0, 0.1) is 0 Å². The predicted octanol–water partition coefficient (Wildman–Crippen LogP) is 4.43. The maximum Gasteiger partial charge on any atom is 0.349 e. The van der Waals surface area contributed by atoms with Crippen molar-refractivity contribution in [2.75, 3.05) is 6.61 Å². The molecule has 2 atom stereocenters. The highest BCUT2D eigenvalue weighted by Gasteiger charge is 2.29. The normalized spacial score (nSPS) is 18.4. The third kappa shape index (κ3) is 3.72. The lowest BCUT2D eigenvalue weighted by molar-refractivity contribution is -0.00709. The van der Waals surface area contributed by atoms with Gasteiger partial charge < -0.3 is 9.15 Å². The number of aryl methyl sites for hydroxylation is 2. The van der Waals surface area contributed by atoms with Gasteiger partial charge in [0.2, 0.25) is 5.71 Å². The summed E-state index contributed by atoms with van der Waals surface area (Å²) in [7, 11) is 0. The topological polar surface area (TPSA) is 106 Å². The van der Waals surface area contributed by atoms with E-state index < -0.39 is 0 Å². The zero-order valence-electron chi connectivity index (χ0n) is 20.7. The average Bonchev–Trinajstić information content (AvgIpc) is 3.66. The lowest BCUT2D eigenvalue weighted by Gasteiger charge is -2.30. The minimum Gasteiger partial charge on any atom is -0.434 e. The van der Waals surface area contributed by atoms with Crippen molar-refractivity contribution in [3.05, 3.63) is 47.5 Å². The SMILES string of the molecule is CC[C@H]1C[C@@H](n2c(=O)nc(-c3cnn(CC)c3)c3oc4ncc(-c5cnn(CC)c5)cc4c32)CCO1. The van der Waals surface area contributed by atoms with E-state index in [4.69, 9.17) is 9.15 Å². The van der Waals surface area contributed by atoms with Crippen LogP contribution >= 0.6 is 0 Å². The van der Waals surface area contributed by atoms with E-state index in [0.29, 0.717) is 23.6 Å². The molecule has 1 saturated heterocycles. The summed E-state index contributed by atoms with van der Waals surface area (Å²) < 4.78 is 17.7. The second-order valence-corrected chi connectivity index (χ2v) is 9.22. The number of rotatable bonds is 6. The number of pyridine rings is 1. The van der Waals surface area contributed by atoms with Gasteiger partial charge in [-0.2, -0.15) is 15.2 Å². The van der Waals surface area contributed by atoms with Crippen molar-refractivity contribution >= 4 is 22.2 Å². The summed E-state index contributed by atoms with van der Waals surface area (Å²) in [6, 6.07) is 2.00. The summed E-state index contributed by atoms with van der Waals surface area (Å²) in [4.78, 5) is 22.8. The minimum atomic E-state index is -0.296. The van der Waals surface area contributed by atoms with Crippen molar-refractivity contribution in [1.82, 2.24) is 34.1 Å². The summed E-state index contributed by atoms with van der Waals surface area (Å²) in [5, 5.41) is 9.58. The van der Waals surface area contributed by atoms with E-state index in [1.807, 2.05) is 47.9 Å². The van der Waals surface area contributed by atoms with Crippen molar-refractivity contribution in [2.45, 2.75) is 65.3 Å². The van der Waals surface area contributed by atoms with Crippen molar-refractivity contribution < 1.29 is 9.15 Å². The fourth-order valence-corrected chi connectivity index (χ4v) is 5.08. The molecule has 0 aromatic carbocycles. The van der Waals surface area contributed by atoms with Crippen LogP contribution in [0.5, 0.6) is 0 Å². The van der Waals surface area contributed by atoms with E-state index >= 15 is 0 Å². The van der Waals surface area contributed by atoms with Crippen LogP contribution in [-0.4, -0.2) is 46.8 Å². The van der Waals surface area contributed by atoms with Gasteiger partial charge in [-0.3, -0.25) is 13.9 Å². The Morgan fingerprint density at radius 2 is 1.75 bits per heavy atom. The van der Waals surface area contributed by atoms with Gasteiger partial charge >= 0.3 is 5.69 Å². The monoisotopic (exact) mass is 487 g/mol. The zero-order chi connectivity index (χ0) is 24.8. The molecule has 0 aliphatic carbocycles. The maximum absolute atomic E-state index is 13.6.